The topological polar surface area (TPSA) is 342 Å². The molecule has 0 amide bonds. The van der Waals surface area contributed by atoms with Crippen molar-refractivity contribution in [3.63, 3.8) is 0 Å². The van der Waals surface area contributed by atoms with Crippen molar-refractivity contribution in [1.29, 1.82) is 0 Å². The van der Waals surface area contributed by atoms with E-state index in [-0.39, 0.29) is 93.1 Å². The highest BCUT2D eigenvalue weighted by Crippen LogP contribution is 2.60. The van der Waals surface area contributed by atoms with Crippen LogP contribution in [-0.4, -0.2) is 164 Å². The highest BCUT2D eigenvalue weighted by atomic mass is 35.5. The van der Waals surface area contributed by atoms with Crippen LogP contribution in [0.1, 0.15) is 68.6 Å². The summed E-state index contributed by atoms with van der Waals surface area (Å²) in [6.45, 7) is -1.33. The molecule has 31 heteroatoms. The highest BCUT2D eigenvalue weighted by Gasteiger charge is 2.55. The second-order valence-electron chi connectivity index (χ2n) is 16.5. The zero-order valence-corrected chi connectivity index (χ0v) is 45.5. The van der Waals surface area contributed by atoms with Crippen LogP contribution in [0.5, 0.6) is 28.7 Å². The van der Waals surface area contributed by atoms with Gasteiger partial charge in [-0.05, 0) is 24.3 Å². The van der Waals surface area contributed by atoms with Gasteiger partial charge >= 0.3 is 65.7 Å². The zero-order valence-electron chi connectivity index (χ0n) is 44.0. The summed E-state index contributed by atoms with van der Waals surface area (Å²) in [6.07, 6.45) is 0. The zero-order chi connectivity index (χ0) is 59.4. The van der Waals surface area contributed by atoms with Gasteiger partial charge in [0, 0.05) is 76.9 Å². The first-order chi connectivity index (χ1) is 38.5. The van der Waals surface area contributed by atoms with Crippen LogP contribution in [0.4, 0.5) is 5.69 Å². The van der Waals surface area contributed by atoms with Crippen molar-refractivity contribution in [2.24, 2.45) is 0 Å². The summed E-state index contributed by atoms with van der Waals surface area (Å²) >= 11 is 13.6. The maximum Gasteiger partial charge on any atom is 0.340 e. The molecule has 0 radical (unpaired) electrons. The van der Waals surface area contributed by atoms with Crippen LogP contribution in [0.3, 0.4) is 0 Å². The number of benzene rings is 3. The largest absolute Gasteiger partial charge is 0.489 e. The number of nitrogens with zero attached hydrogens (tertiary/aromatic N) is 2. The van der Waals surface area contributed by atoms with Gasteiger partial charge in [-0.25, -0.2) is 4.79 Å². The first-order valence-corrected chi connectivity index (χ1v) is 24.4. The molecule has 0 bridgehead atoms. The number of halogens is 2. The quantitative estimate of drug-likeness (QED) is 0.0400. The van der Waals surface area contributed by atoms with Gasteiger partial charge in [0.15, 0.2) is 5.60 Å². The minimum absolute atomic E-state index is 0.0129. The fourth-order valence-electron chi connectivity index (χ4n) is 7.18. The Balaban J connectivity index is 1.59. The lowest BCUT2D eigenvalue weighted by Gasteiger charge is -2.37. The summed E-state index contributed by atoms with van der Waals surface area (Å²) in [7, 11) is 0. The Hall–Kier alpha value is -8.67. The number of carbonyl (C=O) groups is 11. The summed E-state index contributed by atoms with van der Waals surface area (Å²) in [5.41, 5.74) is -2.32. The van der Waals surface area contributed by atoms with E-state index in [2.05, 4.69) is 9.47 Å². The molecule has 3 aromatic rings. The molecule has 29 nitrogen and oxygen atoms in total. The summed E-state index contributed by atoms with van der Waals surface area (Å²) in [6, 6.07) is 7.88. The number of ether oxygens (including phenoxy) is 16. The summed E-state index contributed by atoms with van der Waals surface area (Å²) in [5, 5.41) is -0.201. The molecule has 0 unspecified atom stereocenters. The average Bonchev–Trinajstić information content (AvgIpc) is 2.76. The second kappa shape index (κ2) is 30.1. The van der Waals surface area contributed by atoms with Gasteiger partial charge in [0.25, 0.3) is 0 Å². The summed E-state index contributed by atoms with van der Waals surface area (Å²) in [5.74, 6) is -9.77. The summed E-state index contributed by atoms with van der Waals surface area (Å²) in [4.78, 5) is 137. The van der Waals surface area contributed by atoms with Crippen molar-refractivity contribution < 1.29 is 129 Å². The van der Waals surface area contributed by atoms with Crippen molar-refractivity contribution in [2.45, 2.75) is 47.1 Å². The van der Waals surface area contributed by atoms with E-state index < -0.39 is 138 Å². The Kier molecular flexibility index (Phi) is 23.4. The standard InChI is InChI=1S/C50H52Cl2N2O27/c1-27(55)68-21-74-42-15-40-35(12-37(42)51)50(36-13-38(52)43(16-41(36)80-40)75-22-69-28(2)56)34-14-44(67-10-9-66-8-7-53(17-45(61)76-23-70-29(3)57)18-46(62)77-24-71-30(4)58)39(11-33(34)49(65)81-50)54(19-47(63)78-25-72-31(5)59)20-48(64)79-26-73-32(6)60/h11-16H,7-10,17-26H2,1-6H3. The van der Waals surface area contributed by atoms with Crippen LogP contribution < -0.4 is 23.8 Å². The third-order valence-electron chi connectivity index (χ3n) is 10.6. The van der Waals surface area contributed by atoms with E-state index in [4.69, 9.17) is 89.5 Å². The number of rotatable bonds is 30. The monoisotopic (exact) mass is 1180 g/mol. The smallest absolute Gasteiger partial charge is 0.340 e. The number of carbonyl (C=O) groups excluding carboxylic acids is 11. The minimum Gasteiger partial charge on any atom is -0.489 e. The van der Waals surface area contributed by atoms with Crippen LogP contribution in [0.15, 0.2) is 36.4 Å². The lowest BCUT2D eigenvalue weighted by molar-refractivity contribution is -0.170. The molecule has 0 fully saturated rings. The van der Waals surface area contributed by atoms with E-state index in [0.717, 1.165) is 46.4 Å². The SMILES string of the molecule is CC(=O)OCOC(=O)CN(CCOCCOc1cc2c(cc1N(CC(=O)OCOC(C)=O)CC(=O)OCOC(C)=O)C(=O)OC21c2cc(Cl)c(OCOC(C)=O)cc2Oc2cc(OCOC(C)=O)c(Cl)cc21)CC(=O)OCOC(C)=O. The normalized spacial score (nSPS) is 12.1. The molecular weight excluding hydrogens is 1130 g/mol. The van der Waals surface area contributed by atoms with E-state index >= 15 is 0 Å². The maximum atomic E-state index is 14.6. The van der Waals surface area contributed by atoms with Gasteiger partial charge in [0.05, 0.1) is 47.6 Å². The van der Waals surface area contributed by atoms with Gasteiger partial charge in [0.2, 0.25) is 40.8 Å². The van der Waals surface area contributed by atoms with E-state index in [1.54, 1.807) is 0 Å². The molecule has 0 N–H and O–H groups in total. The Morgan fingerprint density at radius 1 is 0.457 bits per heavy atom. The molecule has 0 aliphatic carbocycles. The van der Waals surface area contributed by atoms with Gasteiger partial charge in [-0.1, -0.05) is 23.2 Å². The first kappa shape index (κ1) is 63.2. The van der Waals surface area contributed by atoms with E-state index in [0.29, 0.717) is 0 Å². The molecule has 2 aliphatic heterocycles. The molecule has 438 valence electrons. The third-order valence-corrected chi connectivity index (χ3v) is 11.2. The Bertz CT molecular complexity index is 2750. The van der Waals surface area contributed by atoms with Gasteiger partial charge in [-0.2, -0.15) is 0 Å². The Morgan fingerprint density at radius 2 is 0.864 bits per heavy atom. The van der Waals surface area contributed by atoms with Crippen LogP contribution >= 0.6 is 23.2 Å². The fourth-order valence-corrected chi connectivity index (χ4v) is 7.62. The predicted molar refractivity (Wildman–Crippen MR) is 265 cm³/mol. The average molecular weight is 1180 g/mol. The number of hydrogen-bond acceptors (Lipinski definition) is 29. The molecule has 81 heavy (non-hydrogen) atoms. The highest BCUT2D eigenvalue weighted by molar-refractivity contribution is 6.32. The predicted octanol–water partition coefficient (Wildman–Crippen LogP) is 3.12. The molecule has 0 saturated carbocycles. The van der Waals surface area contributed by atoms with Crippen LogP contribution in [-0.2, 0) is 110 Å². The van der Waals surface area contributed by atoms with Crippen molar-refractivity contribution in [2.75, 3.05) is 98.2 Å². The number of fused-ring (bicyclic) bond motifs is 6. The fraction of sp³-hybridized carbons (Fsp3) is 0.420. The molecule has 3 aromatic carbocycles. The molecular formula is C50H52Cl2N2O27. The van der Waals surface area contributed by atoms with Crippen LogP contribution in [0, 0.1) is 0 Å². The minimum atomic E-state index is -2.07. The van der Waals surface area contributed by atoms with Gasteiger partial charge in [-0.15, -0.1) is 0 Å². The van der Waals surface area contributed by atoms with Gasteiger partial charge in [-0.3, -0.25) is 52.8 Å². The van der Waals surface area contributed by atoms with Crippen molar-refractivity contribution in [3.8, 4) is 28.7 Å². The Labute approximate surface area is 469 Å². The van der Waals surface area contributed by atoms with Crippen LogP contribution in [0.2, 0.25) is 10.0 Å². The number of esters is 11. The van der Waals surface area contributed by atoms with Crippen molar-refractivity contribution >= 4 is 94.6 Å². The van der Waals surface area contributed by atoms with Crippen molar-refractivity contribution in [1.82, 2.24) is 4.90 Å². The van der Waals surface area contributed by atoms with Crippen LogP contribution in [0.25, 0.3) is 0 Å². The van der Waals surface area contributed by atoms with Gasteiger partial charge < -0.3 is 80.7 Å². The summed E-state index contributed by atoms with van der Waals surface area (Å²) < 4.78 is 84.7. The molecule has 1 spiro atoms. The molecule has 2 aliphatic rings. The molecule has 0 atom stereocenters. The van der Waals surface area contributed by atoms with Crippen molar-refractivity contribution in [3.05, 3.63) is 68.7 Å². The lowest BCUT2D eigenvalue weighted by atomic mass is 9.77. The molecule has 0 aromatic heterocycles. The third kappa shape index (κ3) is 18.7. The number of anilines is 1. The maximum absolute atomic E-state index is 14.6. The second-order valence-corrected chi connectivity index (χ2v) is 17.3. The molecule has 5 rings (SSSR count). The number of hydrogen-bond donors (Lipinski definition) is 0. The molecule has 0 saturated heterocycles. The van der Waals surface area contributed by atoms with Gasteiger partial charge in [0.1, 0.15) is 48.4 Å². The molecule has 2 heterocycles. The Morgan fingerprint density at radius 3 is 1.28 bits per heavy atom. The van der Waals surface area contributed by atoms with E-state index in [9.17, 15) is 52.7 Å². The first-order valence-electron chi connectivity index (χ1n) is 23.6. The van der Waals surface area contributed by atoms with E-state index in [1.807, 2.05) is 0 Å². The lowest BCUT2D eigenvalue weighted by Crippen LogP contribution is -2.39. The van der Waals surface area contributed by atoms with E-state index in [1.165, 1.54) is 41.3 Å².